The van der Waals surface area contributed by atoms with Crippen molar-refractivity contribution in [1.29, 1.82) is 0 Å². The first-order valence-corrected chi connectivity index (χ1v) is 9.48. The second-order valence-corrected chi connectivity index (χ2v) is 6.86. The molecule has 0 unspecified atom stereocenters. The maximum absolute atomic E-state index is 12.2. The molecule has 0 heterocycles. The summed E-state index contributed by atoms with van der Waals surface area (Å²) in [6.07, 6.45) is 3.59. The SMILES string of the molecule is CCCCCC(=O)Nc1cccc(NCC(=O)Nc2cc(C)cc(C)c2)c1. The highest BCUT2D eigenvalue weighted by Gasteiger charge is 2.05. The largest absolute Gasteiger partial charge is 0.376 e. The van der Waals surface area contributed by atoms with Crippen LogP contribution in [0.2, 0.25) is 0 Å². The van der Waals surface area contributed by atoms with E-state index in [9.17, 15) is 9.59 Å². The molecule has 0 aliphatic rings. The van der Waals surface area contributed by atoms with Crippen LogP contribution in [0.5, 0.6) is 0 Å². The number of rotatable bonds is 9. The van der Waals surface area contributed by atoms with Gasteiger partial charge in [0.25, 0.3) is 0 Å². The molecular weight excluding hydrogens is 338 g/mol. The summed E-state index contributed by atoms with van der Waals surface area (Å²) in [6, 6.07) is 13.4. The number of carbonyl (C=O) groups excluding carboxylic acids is 2. The van der Waals surface area contributed by atoms with E-state index in [4.69, 9.17) is 0 Å². The van der Waals surface area contributed by atoms with Gasteiger partial charge in [0, 0.05) is 23.5 Å². The Morgan fingerprint density at radius 3 is 2.19 bits per heavy atom. The van der Waals surface area contributed by atoms with Crippen LogP contribution >= 0.6 is 0 Å². The van der Waals surface area contributed by atoms with Crippen molar-refractivity contribution in [2.45, 2.75) is 46.5 Å². The molecule has 3 N–H and O–H groups in total. The van der Waals surface area contributed by atoms with Gasteiger partial charge in [0.1, 0.15) is 0 Å². The molecule has 27 heavy (non-hydrogen) atoms. The van der Waals surface area contributed by atoms with Gasteiger partial charge in [-0.15, -0.1) is 0 Å². The van der Waals surface area contributed by atoms with Gasteiger partial charge in [-0.05, 0) is 61.7 Å². The molecule has 0 bridgehead atoms. The van der Waals surface area contributed by atoms with Crippen LogP contribution in [0.3, 0.4) is 0 Å². The van der Waals surface area contributed by atoms with Gasteiger partial charge in [0.2, 0.25) is 11.8 Å². The van der Waals surface area contributed by atoms with Crippen LogP contribution in [-0.4, -0.2) is 18.4 Å². The molecule has 2 amide bonds. The summed E-state index contributed by atoms with van der Waals surface area (Å²) in [5.41, 5.74) is 4.54. The van der Waals surface area contributed by atoms with Gasteiger partial charge >= 0.3 is 0 Å². The standard InChI is InChI=1S/C22H29N3O2/c1-4-5-6-10-21(26)24-19-9-7-8-18(14-19)23-15-22(27)25-20-12-16(2)11-17(3)13-20/h7-9,11-14,23H,4-6,10,15H2,1-3H3,(H,24,26)(H,25,27). The van der Waals surface area contributed by atoms with Gasteiger partial charge in [-0.25, -0.2) is 0 Å². The lowest BCUT2D eigenvalue weighted by Crippen LogP contribution is -2.22. The molecule has 0 aliphatic carbocycles. The number of hydrogen-bond acceptors (Lipinski definition) is 3. The fourth-order valence-corrected chi connectivity index (χ4v) is 2.90. The molecule has 2 aromatic carbocycles. The molecule has 5 nitrogen and oxygen atoms in total. The van der Waals surface area contributed by atoms with E-state index in [1.807, 2.05) is 50.2 Å². The van der Waals surface area contributed by atoms with Crippen molar-refractivity contribution in [3.05, 3.63) is 53.6 Å². The summed E-state index contributed by atoms with van der Waals surface area (Å²) in [7, 11) is 0. The van der Waals surface area contributed by atoms with Gasteiger partial charge in [-0.1, -0.05) is 31.9 Å². The Kier molecular flexibility index (Phi) is 7.86. The number of unbranched alkanes of at least 4 members (excludes halogenated alkanes) is 2. The molecular formula is C22H29N3O2. The minimum Gasteiger partial charge on any atom is -0.376 e. The Morgan fingerprint density at radius 2 is 1.48 bits per heavy atom. The number of carbonyl (C=O) groups is 2. The molecule has 5 heteroatoms. The van der Waals surface area contributed by atoms with Crippen LogP contribution in [0.4, 0.5) is 17.1 Å². The molecule has 0 saturated carbocycles. The van der Waals surface area contributed by atoms with E-state index in [2.05, 4.69) is 28.9 Å². The average molecular weight is 367 g/mol. The number of hydrogen-bond donors (Lipinski definition) is 3. The molecule has 0 saturated heterocycles. The van der Waals surface area contributed by atoms with Crippen molar-refractivity contribution >= 4 is 28.9 Å². The highest BCUT2D eigenvalue weighted by Crippen LogP contribution is 2.16. The predicted octanol–water partition coefficient (Wildman–Crippen LogP) is 4.87. The predicted molar refractivity (Wildman–Crippen MR) is 112 cm³/mol. The molecule has 2 aromatic rings. The molecule has 0 aromatic heterocycles. The minimum absolute atomic E-state index is 0.0214. The first-order valence-electron chi connectivity index (χ1n) is 9.48. The number of benzene rings is 2. The zero-order valence-corrected chi connectivity index (χ0v) is 16.4. The molecule has 0 atom stereocenters. The Morgan fingerprint density at radius 1 is 0.815 bits per heavy atom. The van der Waals surface area contributed by atoms with E-state index in [-0.39, 0.29) is 18.4 Å². The highest BCUT2D eigenvalue weighted by molar-refractivity contribution is 5.94. The van der Waals surface area contributed by atoms with Gasteiger partial charge in [0.05, 0.1) is 6.54 Å². The van der Waals surface area contributed by atoms with Gasteiger partial charge < -0.3 is 16.0 Å². The van der Waals surface area contributed by atoms with Crippen LogP contribution in [0.1, 0.15) is 43.7 Å². The van der Waals surface area contributed by atoms with Crippen LogP contribution < -0.4 is 16.0 Å². The van der Waals surface area contributed by atoms with Gasteiger partial charge in [-0.3, -0.25) is 9.59 Å². The fourth-order valence-electron chi connectivity index (χ4n) is 2.90. The Labute approximate surface area is 161 Å². The molecule has 0 fully saturated rings. The quantitative estimate of drug-likeness (QED) is 0.554. The zero-order valence-electron chi connectivity index (χ0n) is 16.4. The molecule has 144 valence electrons. The third kappa shape index (κ3) is 7.52. The fraction of sp³-hybridized carbons (Fsp3) is 0.364. The van der Waals surface area contributed by atoms with Crippen LogP contribution in [0.25, 0.3) is 0 Å². The monoisotopic (exact) mass is 367 g/mol. The van der Waals surface area contributed by atoms with Crippen molar-refractivity contribution in [3.8, 4) is 0 Å². The van der Waals surface area contributed by atoms with E-state index >= 15 is 0 Å². The number of anilines is 3. The zero-order chi connectivity index (χ0) is 19.6. The van der Waals surface area contributed by atoms with Crippen molar-refractivity contribution in [1.82, 2.24) is 0 Å². The summed E-state index contributed by atoms with van der Waals surface area (Å²) in [4.78, 5) is 24.1. The number of amides is 2. The second-order valence-electron chi connectivity index (χ2n) is 6.86. The van der Waals surface area contributed by atoms with Crippen molar-refractivity contribution in [2.24, 2.45) is 0 Å². The van der Waals surface area contributed by atoms with Crippen molar-refractivity contribution in [3.63, 3.8) is 0 Å². The Balaban J connectivity index is 1.84. The lowest BCUT2D eigenvalue weighted by Gasteiger charge is -2.11. The summed E-state index contributed by atoms with van der Waals surface area (Å²) in [5, 5.41) is 8.90. The highest BCUT2D eigenvalue weighted by atomic mass is 16.2. The maximum Gasteiger partial charge on any atom is 0.243 e. The Bertz CT molecular complexity index is 767. The number of aryl methyl sites for hydroxylation is 2. The normalized spacial score (nSPS) is 10.3. The van der Waals surface area contributed by atoms with E-state index in [0.29, 0.717) is 6.42 Å². The lowest BCUT2D eigenvalue weighted by atomic mass is 10.1. The van der Waals surface area contributed by atoms with Gasteiger partial charge in [0.15, 0.2) is 0 Å². The van der Waals surface area contributed by atoms with E-state index in [1.54, 1.807) is 0 Å². The van der Waals surface area contributed by atoms with Crippen LogP contribution in [0.15, 0.2) is 42.5 Å². The molecule has 2 rings (SSSR count). The van der Waals surface area contributed by atoms with Crippen molar-refractivity contribution < 1.29 is 9.59 Å². The molecule has 0 radical (unpaired) electrons. The smallest absolute Gasteiger partial charge is 0.243 e. The van der Waals surface area contributed by atoms with E-state index in [1.165, 1.54) is 0 Å². The third-order valence-corrected chi connectivity index (χ3v) is 4.11. The summed E-state index contributed by atoms with van der Waals surface area (Å²) < 4.78 is 0. The summed E-state index contributed by atoms with van der Waals surface area (Å²) in [6.45, 7) is 6.27. The van der Waals surface area contributed by atoms with Crippen molar-refractivity contribution in [2.75, 3.05) is 22.5 Å². The summed E-state index contributed by atoms with van der Waals surface area (Å²) in [5.74, 6) is -0.0952. The topological polar surface area (TPSA) is 70.2 Å². The molecule has 0 aliphatic heterocycles. The summed E-state index contributed by atoms with van der Waals surface area (Å²) >= 11 is 0. The molecule has 0 spiro atoms. The number of nitrogens with one attached hydrogen (secondary N) is 3. The van der Waals surface area contributed by atoms with Crippen LogP contribution in [0, 0.1) is 13.8 Å². The minimum atomic E-state index is -0.117. The van der Waals surface area contributed by atoms with Crippen LogP contribution in [-0.2, 0) is 9.59 Å². The first kappa shape index (κ1) is 20.5. The third-order valence-electron chi connectivity index (χ3n) is 4.11. The first-order chi connectivity index (χ1) is 13.0. The second kappa shape index (κ2) is 10.4. The lowest BCUT2D eigenvalue weighted by molar-refractivity contribution is -0.116. The average Bonchev–Trinajstić information content (AvgIpc) is 2.59. The Hall–Kier alpha value is -2.82. The van der Waals surface area contributed by atoms with Gasteiger partial charge in [-0.2, -0.15) is 0 Å². The maximum atomic E-state index is 12.2. The van der Waals surface area contributed by atoms with E-state index in [0.717, 1.165) is 47.5 Å². The van der Waals surface area contributed by atoms with E-state index < -0.39 is 0 Å².